The molecule has 6 nitrogen and oxygen atoms in total. The molecule has 1 aliphatic carbocycles. The van der Waals surface area contributed by atoms with Crippen molar-refractivity contribution in [1.29, 1.82) is 0 Å². The summed E-state index contributed by atoms with van der Waals surface area (Å²) in [7, 11) is 2.55. The lowest BCUT2D eigenvalue weighted by Crippen LogP contribution is -2.56. The fraction of sp³-hybridized carbons (Fsp3) is 0.391. The van der Waals surface area contributed by atoms with Crippen LogP contribution in [0.1, 0.15) is 43.0 Å². The van der Waals surface area contributed by atoms with E-state index in [9.17, 15) is 23.5 Å². The quantitative estimate of drug-likeness (QED) is 0.580. The van der Waals surface area contributed by atoms with E-state index < -0.39 is 39.6 Å². The molecule has 2 aromatic rings. The molecule has 1 saturated carbocycles. The second-order valence-electron chi connectivity index (χ2n) is 8.00. The van der Waals surface area contributed by atoms with Crippen LogP contribution in [0.3, 0.4) is 0 Å². The minimum absolute atomic E-state index is 0.0331. The number of rotatable bonds is 6. The molecular formula is C23H24ClF2NO5. The number of halogens is 3. The lowest BCUT2D eigenvalue weighted by Gasteiger charge is -2.36. The van der Waals surface area contributed by atoms with Crippen molar-refractivity contribution in [2.45, 2.75) is 38.1 Å². The smallest absolute Gasteiger partial charge is 0.329 e. The predicted octanol–water partition coefficient (Wildman–Crippen LogP) is 5.07. The van der Waals surface area contributed by atoms with E-state index >= 15 is 0 Å². The van der Waals surface area contributed by atoms with Gasteiger partial charge in [-0.25, -0.2) is 13.6 Å². The molecule has 0 aliphatic heterocycles. The number of methoxy groups -OCH3 is 2. The van der Waals surface area contributed by atoms with Gasteiger partial charge in [0.25, 0.3) is 5.91 Å². The van der Waals surface area contributed by atoms with Gasteiger partial charge in [-0.15, -0.1) is 0 Å². The Bertz CT molecular complexity index is 1050. The van der Waals surface area contributed by atoms with Crippen molar-refractivity contribution >= 4 is 23.5 Å². The van der Waals surface area contributed by atoms with Crippen LogP contribution < -0.4 is 14.8 Å². The fourth-order valence-corrected chi connectivity index (χ4v) is 4.18. The summed E-state index contributed by atoms with van der Waals surface area (Å²) in [5, 5.41) is 12.0. The zero-order chi connectivity index (χ0) is 23.6. The summed E-state index contributed by atoms with van der Waals surface area (Å²) in [6, 6.07) is 4.98. The Labute approximate surface area is 189 Å². The molecule has 172 valence electrons. The summed E-state index contributed by atoms with van der Waals surface area (Å²) in [6.45, 7) is 2.03. The molecule has 3 rings (SSSR count). The standard InChI is InChI=1S/C23H24ClF2NO5/c1-12-6-8-23(9-7-12,22(29)30)27-21(28)13-4-5-16(31-2)14(10-13)18-15(25)11-17(32-3)19(24)20(18)26/h4-5,10-12H,6-9H2,1-3H3,(H,27,28)(H,29,30)/t12-,23-. The SMILES string of the molecule is COc1ccc(C(=O)N[C@]2(C(=O)O)CC[C@@H](C)CC2)cc1-c1c(F)cc(OC)c(Cl)c1F. The fourth-order valence-electron chi connectivity index (χ4n) is 3.95. The first-order valence-corrected chi connectivity index (χ1v) is 10.5. The van der Waals surface area contributed by atoms with Gasteiger partial charge in [0.1, 0.15) is 27.9 Å². The molecule has 1 amide bonds. The average molecular weight is 468 g/mol. The van der Waals surface area contributed by atoms with Gasteiger partial charge in [0.15, 0.2) is 5.82 Å². The van der Waals surface area contributed by atoms with Gasteiger partial charge in [0.05, 0.1) is 19.8 Å². The summed E-state index contributed by atoms with van der Waals surface area (Å²) in [4.78, 5) is 24.9. The Hall–Kier alpha value is -2.87. The molecule has 0 atom stereocenters. The highest BCUT2D eigenvalue weighted by Crippen LogP contribution is 2.41. The first-order valence-electron chi connectivity index (χ1n) is 10.1. The van der Waals surface area contributed by atoms with Crippen LogP contribution in [-0.4, -0.2) is 36.7 Å². The number of carbonyl (C=O) groups excluding carboxylic acids is 1. The van der Waals surface area contributed by atoms with Crippen LogP contribution in [0, 0.1) is 17.6 Å². The van der Waals surface area contributed by atoms with E-state index in [2.05, 4.69) is 5.32 Å². The zero-order valence-corrected chi connectivity index (χ0v) is 18.7. The van der Waals surface area contributed by atoms with Gasteiger partial charge in [-0.3, -0.25) is 4.79 Å². The number of aliphatic carboxylic acids is 1. The number of benzene rings is 2. The third-order valence-corrected chi connectivity index (χ3v) is 6.32. The van der Waals surface area contributed by atoms with E-state index in [1.54, 1.807) is 0 Å². The number of ether oxygens (including phenoxy) is 2. The molecule has 0 saturated heterocycles. The lowest BCUT2D eigenvalue weighted by atomic mass is 9.77. The molecule has 2 aromatic carbocycles. The third-order valence-electron chi connectivity index (χ3n) is 5.97. The number of carboxylic acids is 1. The molecule has 0 bridgehead atoms. The molecule has 9 heteroatoms. The maximum atomic E-state index is 14.9. The molecule has 0 spiro atoms. The van der Waals surface area contributed by atoms with Gasteiger partial charge in [-0.1, -0.05) is 18.5 Å². The van der Waals surface area contributed by atoms with E-state index in [-0.39, 0.29) is 22.6 Å². The summed E-state index contributed by atoms with van der Waals surface area (Å²) in [5.41, 5.74) is -1.88. The highest BCUT2D eigenvalue weighted by Gasteiger charge is 2.42. The first-order chi connectivity index (χ1) is 15.1. The number of amides is 1. The van der Waals surface area contributed by atoms with Crippen molar-refractivity contribution < 1.29 is 33.0 Å². The Morgan fingerprint density at radius 3 is 2.31 bits per heavy atom. The van der Waals surface area contributed by atoms with E-state index in [0.29, 0.717) is 31.6 Å². The Morgan fingerprint density at radius 1 is 1.12 bits per heavy atom. The van der Waals surface area contributed by atoms with E-state index in [4.69, 9.17) is 21.1 Å². The van der Waals surface area contributed by atoms with Gasteiger partial charge in [0.2, 0.25) is 0 Å². The minimum Gasteiger partial charge on any atom is -0.496 e. The zero-order valence-electron chi connectivity index (χ0n) is 17.9. The Morgan fingerprint density at radius 2 is 1.75 bits per heavy atom. The lowest BCUT2D eigenvalue weighted by molar-refractivity contribution is -0.146. The molecule has 0 radical (unpaired) electrons. The van der Waals surface area contributed by atoms with Crippen molar-refractivity contribution in [3.05, 3.63) is 46.5 Å². The van der Waals surface area contributed by atoms with Crippen LogP contribution in [0.5, 0.6) is 11.5 Å². The van der Waals surface area contributed by atoms with Crippen LogP contribution >= 0.6 is 11.6 Å². The van der Waals surface area contributed by atoms with Gasteiger partial charge >= 0.3 is 5.97 Å². The number of carbonyl (C=O) groups is 2. The van der Waals surface area contributed by atoms with Crippen molar-refractivity contribution in [2.24, 2.45) is 5.92 Å². The van der Waals surface area contributed by atoms with Crippen LogP contribution in [0.2, 0.25) is 5.02 Å². The van der Waals surface area contributed by atoms with Crippen molar-refractivity contribution in [2.75, 3.05) is 14.2 Å². The van der Waals surface area contributed by atoms with Crippen LogP contribution in [0.15, 0.2) is 24.3 Å². The van der Waals surface area contributed by atoms with Gasteiger partial charge in [-0.2, -0.15) is 0 Å². The Balaban J connectivity index is 2.03. The number of hydrogen-bond donors (Lipinski definition) is 2. The van der Waals surface area contributed by atoms with Gasteiger partial charge in [0, 0.05) is 17.2 Å². The summed E-state index contributed by atoms with van der Waals surface area (Å²) < 4.78 is 39.8. The van der Waals surface area contributed by atoms with Crippen molar-refractivity contribution in [3.63, 3.8) is 0 Å². The molecule has 0 heterocycles. The van der Waals surface area contributed by atoms with Gasteiger partial charge in [-0.05, 0) is 49.8 Å². The number of nitrogens with one attached hydrogen (secondary N) is 1. The molecular weight excluding hydrogens is 444 g/mol. The molecule has 1 fully saturated rings. The average Bonchev–Trinajstić information content (AvgIpc) is 2.77. The number of carboxylic acid groups (broad SMARTS) is 1. The summed E-state index contributed by atoms with van der Waals surface area (Å²) in [5.74, 6) is -3.48. The van der Waals surface area contributed by atoms with Crippen LogP contribution in [-0.2, 0) is 4.79 Å². The van der Waals surface area contributed by atoms with Gasteiger partial charge < -0.3 is 19.9 Å². The van der Waals surface area contributed by atoms with Crippen molar-refractivity contribution in [3.8, 4) is 22.6 Å². The highest BCUT2D eigenvalue weighted by atomic mass is 35.5. The van der Waals surface area contributed by atoms with Crippen LogP contribution in [0.25, 0.3) is 11.1 Å². The second-order valence-corrected chi connectivity index (χ2v) is 8.38. The Kier molecular flexibility index (Phi) is 6.93. The van der Waals surface area contributed by atoms with E-state index in [1.807, 2.05) is 6.92 Å². The molecule has 2 N–H and O–H groups in total. The molecule has 32 heavy (non-hydrogen) atoms. The number of hydrogen-bond acceptors (Lipinski definition) is 4. The normalized spacial score (nSPS) is 20.5. The molecule has 1 aliphatic rings. The van der Waals surface area contributed by atoms with E-state index in [0.717, 1.165) is 6.07 Å². The van der Waals surface area contributed by atoms with Crippen LogP contribution in [0.4, 0.5) is 8.78 Å². The first kappa shape index (κ1) is 23.8. The monoisotopic (exact) mass is 467 g/mol. The maximum absolute atomic E-state index is 14.9. The topological polar surface area (TPSA) is 84.9 Å². The minimum atomic E-state index is -1.39. The molecule has 0 unspecified atom stereocenters. The predicted molar refractivity (Wildman–Crippen MR) is 115 cm³/mol. The highest BCUT2D eigenvalue weighted by molar-refractivity contribution is 6.32. The molecule has 0 aromatic heterocycles. The summed E-state index contributed by atoms with van der Waals surface area (Å²) >= 11 is 5.96. The second kappa shape index (κ2) is 9.32. The largest absolute Gasteiger partial charge is 0.496 e. The summed E-state index contributed by atoms with van der Waals surface area (Å²) in [6.07, 6.45) is 1.94. The van der Waals surface area contributed by atoms with Crippen molar-refractivity contribution in [1.82, 2.24) is 5.32 Å². The third kappa shape index (κ3) is 4.37. The maximum Gasteiger partial charge on any atom is 0.329 e. The van der Waals surface area contributed by atoms with E-state index in [1.165, 1.54) is 32.4 Å².